The minimum atomic E-state index is -4.14. The number of halogens is 1. The second-order valence-corrected chi connectivity index (χ2v) is 12.5. The van der Waals surface area contributed by atoms with E-state index in [2.05, 4.69) is 35.8 Å². The molecule has 2 aliphatic heterocycles. The van der Waals surface area contributed by atoms with Crippen molar-refractivity contribution in [2.24, 2.45) is 5.92 Å². The van der Waals surface area contributed by atoms with Crippen molar-refractivity contribution in [3.8, 4) is 0 Å². The molecular formula is C22H34ClN5O5S. The Kier molecular flexibility index (Phi) is 7.40. The smallest absolute Gasteiger partial charge is 0.407 e. The summed E-state index contributed by atoms with van der Waals surface area (Å²) in [5.74, 6) is -0.0644. The number of aromatic nitrogens is 1. The van der Waals surface area contributed by atoms with Crippen LogP contribution in [-0.4, -0.2) is 66.5 Å². The number of hydrogen-bond donors (Lipinski definition) is 2. The molecule has 0 aliphatic carbocycles. The van der Waals surface area contributed by atoms with Crippen LogP contribution < -0.4 is 14.9 Å². The van der Waals surface area contributed by atoms with Crippen LogP contribution in [0.3, 0.4) is 0 Å². The molecular weight excluding hydrogens is 482 g/mol. The first-order valence-electron chi connectivity index (χ1n) is 11.4. The van der Waals surface area contributed by atoms with Gasteiger partial charge in [0, 0.05) is 31.2 Å². The van der Waals surface area contributed by atoms with E-state index in [1.165, 1.54) is 12.1 Å². The zero-order valence-corrected chi connectivity index (χ0v) is 22.1. The van der Waals surface area contributed by atoms with Crippen LogP contribution in [0.4, 0.5) is 10.6 Å². The predicted molar refractivity (Wildman–Crippen MR) is 130 cm³/mol. The molecule has 2 aliphatic rings. The monoisotopic (exact) mass is 515 g/mol. The van der Waals surface area contributed by atoms with Crippen LogP contribution >= 0.6 is 11.6 Å². The number of alkyl carbamates (subject to hydrolysis) is 1. The lowest BCUT2D eigenvalue weighted by atomic mass is 9.90. The van der Waals surface area contributed by atoms with Gasteiger partial charge in [-0.05, 0) is 65.5 Å². The third kappa shape index (κ3) is 5.92. The number of amides is 2. The average molecular weight is 516 g/mol. The maximum Gasteiger partial charge on any atom is 0.407 e. The number of nitrogens with one attached hydrogen (secondary N) is 2. The van der Waals surface area contributed by atoms with E-state index in [0.717, 1.165) is 10.7 Å². The van der Waals surface area contributed by atoms with Crippen molar-refractivity contribution in [3.63, 3.8) is 0 Å². The van der Waals surface area contributed by atoms with Gasteiger partial charge in [-0.3, -0.25) is 4.79 Å². The van der Waals surface area contributed by atoms with Gasteiger partial charge < -0.3 is 15.0 Å². The lowest BCUT2D eigenvalue weighted by molar-refractivity contribution is 0.0507. The van der Waals surface area contributed by atoms with Gasteiger partial charge in [-0.2, -0.15) is 12.7 Å². The number of pyridine rings is 1. The van der Waals surface area contributed by atoms with Crippen LogP contribution in [-0.2, 0) is 14.9 Å². The van der Waals surface area contributed by atoms with E-state index in [1.807, 2.05) is 4.90 Å². The van der Waals surface area contributed by atoms with Gasteiger partial charge in [-0.1, -0.05) is 18.5 Å². The lowest BCUT2D eigenvalue weighted by Crippen LogP contribution is -2.46. The minimum Gasteiger partial charge on any atom is -0.444 e. The molecule has 1 aromatic rings. The lowest BCUT2D eigenvalue weighted by Gasteiger charge is -2.36. The molecule has 3 rings (SSSR count). The van der Waals surface area contributed by atoms with Crippen LogP contribution in [0.15, 0.2) is 12.1 Å². The molecule has 34 heavy (non-hydrogen) atoms. The summed E-state index contributed by atoms with van der Waals surface area (Å²) in [6.45, 7) is 12.4. The molecule has 12 heteroatoms. The van der Waals surface area contributed by atoms with Crippen molar-refractivity contribution >= 4 is 39.6 Å². The largest absolute Gasteiger partial charge is 0.444 e. The minimum absolute atomic E-state index is 0.0320. The quantitative estimate of drug-likeness (QED) is 0.578. The molecule has 0 saturated carbocycles. The number of ether oxygens (including phenoxy) is 1. The fourth-order valence-corrected chi connectivity index (χ4v) is 5.53. The number of rotatable bonds is 5. The number of nitrogens with zero attached hydrogens (tertiary/aromatic N) is 3. The molecule has 10 nitrogen and oxygen atoms in total. The normalized spacial score (nSPS) is 23.1. The Morgan fingerprint density at radius 1 is 1.21 bits per heavy atom. The van der Waals surface area contributed by atoms with Crippen LogP contribution in [0, 0.1) is 5.92 Å². The van der Waals surface area contributed by atoms with E-state index >= 15 is 0 Å². The molecule has 2 atom stereocenters. The summed E-state index contributed by atoms with van der Waals surface area (Å²) in [5, 5.41) is 2.90. The molecule has 0 spiro atoms. The van der Waals surface area contributed by atoms with Crippen LogP contribution in [0.25, 0.3) is 0 Å². The Labute approximate surface area is 206 Å². The molecule has 1 aromatic heterocycles. The molecule has 2 N–H and O–H groups in total. The van der Waals surface area contributed by atoms with E-state index in [9.17, 15) is 18.0 Å². The fourth-order valence-electron chi connectivity index (χ4n) is 4.19. The van der Waals surface area contributed by atoms with E-state index in [4.69, 9.17) is 16.3 Å². The van der Waals surface area contributed by atoms with Gasteiger partial charge >= 0.3 is 16.3 Å². The van der Waals surface area contributed by atoms with Gasteiger partial charge in [0.1, 0.15) is 16.6 Å². The third-order valence-electron chi connectivity index (χ3n) is 6.46. The first-order chi connectivity index (χ1) is 15.6. The van der Waals surface area contributed by atoms with Crippen molar-refractivity contribution in [3.05, 3.63) is 22.8 Å². The SMILES string of the molecule is CC1CCN(c2nc(Cl)ccc2C(=O)NS(=O)(=O)N2CC[C@H](NC(=O)OC(C)(C)C)C2)C1(C)C. The summed E-state index contributed by atoms with van der Waals surface area (Å²) in [6, 6.07) is 2.54. The molecule has 3 heterocycles. The molecule has 0 radical (unpaired) electrons. The van der Waals surface area contributed by atoms with Crippen molar-refractivity contribution in [2.45, 2.75) is 71.6 Å². The number of hydrogen-bond acceptors (Lipinski definition) is 7. The predicted octanol–water partition coefficient (Wildman–Crippen LogP) is 2.93. The van der Waals surface area contributed by atoms with E-state index < -0.39 is 33.9 Å². The highest BCUT2D eigenvalue weighted by Gasteiger charge is 2.41. The highest BCUT2D eigenvalue weighted by atomic mass is 35.5. The van der Waals surface area contributed by atoms with E-state index in [-0.39, 0.29) is 29.3 Å². The maximum absolute atomic E-state index is 13.1. The molecule has 2 saturated heterocycles. The fraction of sp³-hybridized carbons (Fsp3) is 0.682. The molecule has 0 aromatic carbocycles. The molecule has 2 amide bonds. The van der Waals surface area contributed by atoms with Crippen molar-refractivity contribution in [1.29, 1.82) is 0 Å². The Hall–Kier alpha value is -2.11. The van der Waals surface area contributed by atoms with Crippen molar-refractivity contribution in [1.82, 2.24) is 19.3 Å². The Balaban J connectivity index is 1.72. The zero-order chi connectivity index (χ0) is 25.5. The number of carbonyl (C=O) groups excluding carboxylic acids is 2. The standard InChI is InChI=1S/C22H34ClN5O5S/c1-14-9-12-28(22(14,5)6)18-16(7-8-17(23)25-18)19(29)26-34(31,32)27-11-10-15(13-27)24-20(30)33-21(2,3)4/h7-8,14-15H,9-13H2,1-6H3,(H,24,30)(H,26,29)/t14?,15-/m0/s1. The van der Waals surface area contributed by atoms with Gasteiger partial charge in [-0.25, -0.2) is 14.5 Å². The Bertz CT molecular complexity index is 1060. The number of anilines is 1. The summed E-state index contributed by atoms with van der Waals surface area (Å²) >= 11 is 6.12. The van der Waals surface area contributed by atoms with E-state index in [1.54, 1.807) is 20.8 Å². The number of carbonyl (C=O) groups is 2. The first-order valence-corrected chi connectivity index (χ1v) is 13.2. The molecule has 1 unspecified atom stereocenters. The molecule has 2 fully saturated rings. The highest BCUT2D eigenvalue weighted by molar-refractivity contribution is 7.87. The summed E-state index contributed by atoms with van der Waals surface area (Å²) in [5.41, 5.74) is -0.798. The van der Waals surface area contributed by atoms with Crippen LogP contribution in [0.1, 0.15) is 64.7 Å². The topological polar surface area (TPSA) is 121 Å². The third-order valence-corrected chi connectivity index (χ3v) is 8.13. The van der Waals surface area contributed by atoms with Crippen molar-refractivity contribution in [2.75, 3.05) is 24.5 Å². The maximum atomic E-state index is 13.1. The second kappa shape index (κ2) is 9.50. The van der Waals surface area contributed by atoms with Crippen LogP contribution in [0.5, 0.6) is 0 Å². The average Bonchev–Trinajstić information content (AvgIpc) is 3.24. The molecule has 0 bridgehead atoms. The van der Waals surface area contributed by atoms with Gasteiger partial charge in [0.25, 0.3) is 5.91 Å². The van der Waals surface area contributed by atoms with E-state index in [0.29, 0.717) is 24.7 Å². The summed E-state index contributed by atoms with van der Waals surface area (Å²) in [6.07, 6.45) is 0.711. The highest BCUT2D eigenvalue weighted by Crippen LogP contribution is 2.39. The Morgan fingerprint density at radius 3 is 2.47 bits per heavy atom. The second-order valence-electron chi connectivity index (χ2n) is 10.4. The zero-order valence-electron chi connectivity index (χ0n) is 20.5. The summed E-state index contributed by atoms with van der Waals surface area (Å²) < 4.78 is 34.4. The van der Waals surface area contributed by atoms with Gasteiger partial charge in [0.15, 0.2) is 0 Å². The van der Waals surface area contributed by atoms with Crippen molar-refractivity contribution < 1.29 is 22.7 Å². The molecule has 190 valence electrons. The van der Waals surface area contributed by atoms with Gasteiger partial charge in [0.2, 0.25) is 0 Å². The summed E-state index contributed by atoms with van der Waals surface area (Å²) in [7, 11) is -4.14. The first kappa shape index (κ1) is 26.5. The van der Waals surface area contributed by atoms with Gasteiger partial charge in [-0.15, -0.1) is 0 Å². The van der Waals surface area contributed by atoms with Gasteiger partial charge in [0.05, 0.1) is 5.56 Å². The Morgan fingerprint density at radius 2 is 1.88 bits per heavy atom. The summed E-state index contributed by atoms with van der Waals surface area (Å²) in [4.78, 5) is 31.5. The van der Waals surface area contributed by atoms with Crippen LogP contribution in [0.2, 0.25) is 5.15 Å².